The van der Waals surface area contributed by atoms with Crippen molar-refractivity contribution in [3.05, 3.63) is 33.3 Å². The van der Waals surface area contributed by atoms with Crippen LogP contribution in [0.1, 0.15) is 12.8 Å². The highest BCUT2D eigenvalue weighted by Crippen LogP contribution is 2.27. The van der Waals surface area contributed by atoms with Crippen molar-refractivity contribution >= 4 is 23.0 Å². The molecule has 110 valence electrons. The van der Waals surface area contributed by atoms with E-state index in [0.717, 1.165) is 25.9 Å². The van der Waals surface area contributed by atoms with E-state index in [0.29, 0.717) is 30.0 Å². The van der Waals surface area contributed by atoms with E-state index in [1.54, 1.807) is 12.1 Å². The quantitative estimate of drug-likeness (QED) is 0.479. The number of hydrogen-bond acceptors (Lipinski definition) is 5. The summed E-state index contributed by atoms with van der Waals surface area (Å²) < 4.78 is 5.73. The van der Waals surface area contributed by atoms with Crippen molar-refractivity contribution in [1.29, 1.82) is 0 Å². The van der Waals surface area contributed by atoms with Gasteiger partial charge in [0, 0.05) is 17.6 Å². The third-order valence-corrected chi connectivity index (χ3v) is 3.45. The fourth-order valence-electron chi connectivity index (χ4n) is 2.18. The molecule has 2 rings (SSSR count). The first-order chi connectivity index (χ1) is 9.66. The molecule has 6 nitrogen and oxygen atoms in total. The van der Waals surface area contributed by atoms with Crippen molar-refractivity contribution in [3.8, 4) is 0 Å². The molecule has 0 spiro atoms. The van der Waals surface area contributed by atoms with Gasteiger partial charge in [0.2, 0.25) is 0 Å². The van der Waals surface area contributed by atoms with Crippen molar-refractivity contribution < 1.29 is 9.66 Å². The average molecular weight is 300 g/mol. The molecule has 0 unspecified atom stereocenters. The molecule has 1 aliphatic heterocycles. The van der Waals surface area contributed by atoms with Gasteiger partial charge in [-0.3, -0.25) is 10.1 Å². The molecule has 1 aromatic rings. The SMILES string of the molecule is O=[N+]([O-])c1cc(Cl)ccc1NCCOC1CCNCC1. The lowest BCUT2D eigenvalue weighted by molar-refractivity contribution is -0.383. The number of ether oxygens (including phenoxy) is 1. The third kappa shape index (κ3) is 4.33. The molecular formula is C13H18ClN3O3. The maximum atomic E-state index is 10.9. The number of anilines is 1. The van der Waals surface area contributed by atoms with Crippen molar-refractivity contribution in [2.24, 2.45) is 0 Å². The molecule has 20 heavy (non-hydrogen) atoms. The lowest BCUT2D eigenvalue weighted by Gasteiger charge is -2.23. The normalized spacial score (nSPS) is 16.1. The Morgan fingerprint density at radius 2 is 2.20 bits per heavy atom. The summed E-state index contributed by atoms with van der Waals surface area (Å²) in [5.74, 6) is 0. The molecule has 0 saturated carbocycles. The van der Waals surface area contributed by atoms with Crippen LogP contribution in [0.25, 0.3) is 0 Å². The maximum Gasteiger partial charge on any atom is 0.293 e. The number of nitro benzene ring substituents is 1. The third-order valence-electron chi connectivity index (χ3n) is 3.21. The molecule has 1 aliphatic rings. The zero-order chi connectivity index (χ0) is 14.4. The molecular weight excluding hydrogens is 282 g/mol. The van der Waals surface area contributed by atoms with Crippen molar-refractivity contribution in [2.45, 2.75) is 18.9 Å². The van der Waals surface area contributed by atoms with Crippen molar-refractivity contribution in [1.82, 2.24) is 5.32 Å². The number of hydrogen-bond donors (Lipinski definition) is 2. The van der Waals surface area contributed by atoms with Crippen LogP contribution >= 0.6 is 11.6 Å². The molecule has 0 aliphatic carbocycles. The predicted octanol–water partition coefficient (Wildman–Crippen LogP) is 2.43. The standard InChI is InChI=1S/C13H18ClN3O3/c14-10-1-2-12(13(9-10)17(18)19)16-7-8-20-11-3-5-15-6-4-11/h1-2,9,11,15-16H,3-8H2. The Labute approximate surface area is 122 Å². The van der Waals surface area contributed by atoms with E-state index in [1.165, 1.54) is 6.07 Å². The number of nitrogens with zero attached hydrogens (tertiary/aromatic N) is 1. The molecule has 0 atom stereocenters. The van der Waals surface area contributed by atoms with E-state index in [1.807, 2.05) is 0 Å². The largest absolute Gasteiger partial charge is 0.377 e. The Bertz CT molecular complexity index is 464. The minimum Gasteiger partial charge on any atom is -0.377 e. The summed E-state index contributed by atoms with van der Waals surface area (Å²) in [7, 11) is 0. The van der Waals surface area contributed by atoms with Gasteiger partial charge in [0.25, 0.3) is 5.69 Å². The van der Waals surface area contributed by atoms with Crippen molar-refractivity contribution in [3.63, 3.8) is 0 Å². The minimum atomic E-state index is -0.443. The summed E-state index contributed by atoms with van der Waals surface area (Å²) in [4.78, 5) is 10.5. The van der Waals surface area contributed by atoms with E-state index in [4.69, 9.17) is 16.3 Å². The van der Waals surface area contributed by atoms with Gasteiger partial charge >= 0.3 is 0 Å². The molecule has 2 N–H and O–H groups in total. The van der Waals surface area contributed by atoms with Crippen LogP contribution in [0.15, 0.2) is 18.2 Å². The molecule has 1 heterocycles. The monoisotopic (exact) mass is 299 g/mol. The molecule has 0 radical (unpaired) electrons. The summed E-state index contributed by atoms with van der Waals surface area (Å²) >= 11 is 5.76. The zero-order valence-electron chi connectivity index (χ0n) is 11.1. The van der Waals surface area contributed by atoms with Gasteiger partial charge in [-0.2, -0.15) is 0 Å². The number of nitrogens with one attached hydrogen (secondary N) is 2. The lowest BCUT2D eigenvalue weighted by Crippen LogP contribution is -2.33. The van der Waals surface area contributed by atoms with E-state index >= 15 is 0 Å². The second-order valence-corrected chi connectivity index (χ2v) is 5.10. The van der Waals surface area contributed by atoms with E-state index < -0.39 is 4.92 Å². The van der Waals surface area contributed by atoms with Gasteiger partial charge in [-0.25, -0.2) is 0 Å². The second-order valence-electron chi connectivity index (χ2n) is 4.67. The fourth-order valence-corrected chi connectivity index (χ4v) is 2.35. The number of piperidine rings is 1. The fraction of sp³-hybridized carbons (Fsp3) is 0.538. The Kier molecular flexibility index (Phi) is 5.58. The second kappa shape index (κ2) is 7.42. The summed E-state index contributed by atoms with van der Waals surface area (Å²) in [6.45, 7) is 3.04. The van der Waals surface area contributed by atoms with Gasteiger partial charge in [-0.15, -0.1) is 0 Å². The van der Waals surface area contributed by atoms with Crippen LogP contribution in [-0.2, 0) is 4.74 Å². The Balaban J connectivity index is 1.80. The molecule has 0 bridgehead atoms. The lowest BCUT2D eigenvalue weighted by atomic mass is 10.1. The minimum absolute atomic E-state index is 0.0145. The first-order valence-electron chi connectivity index (χ1n) is 6.67. The number of rotatable bonds is 6. The van der Waals surface area contributed by atoms with Gasteiger partial charge in [0.05, 0.1) is 17.6 Å². The predicted molar refractivity (Wildman–Crippen MR) is 78.4 cm³/mol. The number of halogens is 1. The van der Waals surface area contributed by atoms with E-state index in [-0.39, 0.29) is 5.69 Å². The van der Waals surface area contributed by atoms with Gasteiger partial charge < -0.3 is 15.4 Å². The van der Waals surface area contributed by atoms with E-state index in [9.17, 15) is 10.1 Å². The van der Waals surface area contributed by atoms with Crippen molar-refractivity contribution in [2.75, 3.05) is 31.6 Å². The van der Waals surface area contributed by atoms with Crippen LogP contribution in [0.4, 0.5) is 11.4 Å². The Morgan fingerprint density at radius 3 is 2.90 bits per heavy atom. The molecule has 7 heteroatoms. The maximum absolute atomic E-state index is 10.9. The number of nitro groups is 1. The highest BCUT2D eigenvalue weighted by atomic mass is 35.5. The van der Waals surface area contributed by atoms with Gasteiger partial charge in [-0.1, -0.05) is 11.6 Å². The number of benzene rings is 1. The topological polar surface area (TPSA) is 76.4 Å². The Morgan fingerprint density at radius 1 is 1.45 bits per heavy atom. The average Bonchev–Trinajstić information content (AvgIpc) is 2.45. The van der Waals surface area contributed by atoms with E-state index in [2.05, 4.69) is 10.6 Å². The van der Waals surface area contributed by atoms with Crippen LogP contribution in [0.2, 0.25) is 5.02 Å². The van der Waals surface area contributed by atoms with Crippen LogP contribution in [-0.4, -0.2) is 37.3 Å². The molecule has 0 aromatic heterocycles. The van der Waals surface area contributed by atoms with Gasteiger partial charge in [0.15, 0.2) is 0 Å². The molecule has 1 aromatic carbocycles. The summed E-state index contributed by atoms with van der Waals surface area (Å²) in [5, 5.41) is 17.6. The van der Waals surface area contributed by atoms with Crippen LogP contribution in [0, 0.1) is 10.1 Å². The van der Waals surface area contributed by atoms with Crippen LogP contribution < -0.4 is 10.6 Å². The molecule has 0 amide bonds. The first-order valence-corrected chi connectivity index (χ1v) is 7.05. The summed E-state index contributed by atoms with van der Waals surface area (Å²) in [5.41, 5.74) is 0.452. The highest BCUT2D eigenvalue weighted by Gasteiger charge is 2.15. The highest BCUT2D eigenvalue weighted by molar-refractivity contribution is 6.30. The van der Waals surface area contributed by atoms with Crippen LogP contribution in [0.3, 0.4) is 0 Å². The summed E-state index contributed by atoms with van der Waals surface area (Å²) in [6.07, 6.45) is 2.32. The van der Waals surface area contributed by atoms with Crippen LogP contribution in [0.5, 0.6) is 0 Å². The smallest absolute Gasteiger partial charge is 0.293 e. The zero-order valence-corrected chi connectivity index (χ0v) is 11.9. The Hall–Kier alpha value is -1.37. The summed E-state index contributed by atoms with van der Waals surface area (Å²) in [6, 6.07) is 4.59. The first kappa shape index (κ1) is 15.0. The van der Waals surface area contributed by atoms with Gasteiger partial charge in [0.1, 0.15) is 5.69 Å². The molecule has 1 fully saturated rings. The molecule has 1 saturated heterocycles. The van der Waals surface area contributed by atoms with Gasteiger partial charge in [-0.05, 0) is 38.1 Å².